The van der Waals surface area contributed by atoms with Crippen LogP contribution in [0.2, 0.25) is 0 Å². The molecule has 0 saturated carbocycles. The molecule has 1 heterocycles. The van der Waals surface area contributed by atoms with Gasteiger partial charge in [-0.05, 0) is 61.7 Å². The van der Waals surface area contributed by atoms with Gasteiger partial charge >= 0.3 is 5.97 Å². The van der Waals surface area contributed by atoms with E-state index in [1.54, 1.807) is 43.3 Å². The standard InChI is InChI=1S/C29H33N5O5/c1-4-6-15-30-26(35)14-13-25(29(38)39)33-27(36)21-8-10-22(11-9-21)34(16-5-2)18-20-7-12-24-23(17-20)28(37)32-19(3)31-24/h2,7-12,17,25H,4,6,13-16,18H2,1,3H3,(H,30,35)(H,33,36)(H,38,39)(H,31,32,37)/t25-/m0/s1. The smallest absolute Gasteiger partial charge is 0.326 e. The van der Waals surface area contributed by atoms with Gasteiger partial charge in [0.2, 0.25) is 5.91 Å². The summed E-state index contributed by atoms with van der Waals surface area (Å²) in [6.45, 7) is 4.98. The maximum Gasteiger partial charge on any atom is 0.326 e. The van der Waals surface area contributed by atoms with E-state index in [-0.39, 0.29) is 36.4 Å². The predicted octanol–water partition coefficient (Wildman–Crippen LogP) is 2.75. The molecule has 0 saturated heterocycles. The number of carboxylic acids is 1. The number of rotatable bonds is 13. The van der Waals surface area contributed by atoms with Gasteiger partial charge in [-0.1, -0.05) is 25.3 Å². The van der Waals surface area contributed by atoms with Gasteiger partial charge in [-0.3, -0.25) is 14.4 Å². The fourth-order valence-corrected chi connectivity index (χ4v) is 4.06. The number of hydrogen-bond acceptors (Lipinski definition) is 6. The quantitative estimate of drug-likeness (QED) is 0.196. The SMILES string of the molecule is C#CCN(Cc1ccc2nc(C)[nH]c(=O)c2c1)c1ccc(C(=O)N[C@@H](CCC(=O)NCCCC)C(=O)O)cc1. The molecular weight excluding hydrogens is 498 g/mol. The fraction of sp³-hybridized carbons (Fsp3) is 0.345. The third-order valence-corrected chi connectivity index (χ3v) is 6.15. The summed E-state index contributed by atoms with van der Waals surface area (Å²) in [4.78, 5) is 57.6. The first-order chi connectivity index (χ1) is 18.7. The second-order valence-corrected chi connectivity index (χ2v) is 9.22. The molecule has 0 spiro atoms. The van der Waals surface area contributed by atoms with Crippen LogP contribution in [-0.4, -0.2) is 52.0 Å². The Morgan fingerprint density at radius 1 is 1.18 bits per heavy atom. The number of amides is 2. The monoisotopic (exact) mass is 531 g/mol. The number of aliphatic carboxylic acids is 1. The highest BCUT2D eigenvalue weighted by Gasteiger charge is 2.22. The van der Waals surface area contributed by atoms with Crippen LogP contribution in [0.25, 0.3) is 10.9 Å². The Morgan fingerprint density at radius 3 is 2.59 bits per heavy atom. The van der Waals surface area contributed by atoms with E-state index in [2.05, 4.69) is 26.5 Å². The summed E-state index contributed by atoms with van der Waals surface area (Å²) >= 11 is 0. The normalized spacial score (nSPS) is 11.4. The highest BCUT2D eigenvalue weighted by Crippen LogP contribution is 2.20. The zero-order chi connectivity index (χ0) is 28.4. The largest absolute Gasteiger partial charge is 0.480 e. The molecule has 2 amide bonds. The number of aromatic nitrogens is 2. The summed E-state index contributed by atoms with van der Waals surface area (Å²) in [5.41, 5.74) is 2.28. The number of carboxylic acid groups (broad SMARTS) is 1. The molecule has 0 aliphatic heterocycles. The van der Waals surface area contributed by atoms with Crippen molar-refractivity contribution < 1.29 is 19.5 Å². The van der Waals surface area contributed by atoms with Crippen LogP contribution >= 0.6 is 0 Å². The van der Waals surface area contributed by atoms with Gasteiger partial charge in [0.15, 0.2) is 0 Å². The highest BCUT2D eigenvalue weighted by atomic mass is 16.4. The summed E-state index contributed by atoms with van der Waals surface area (Å²) in [6, 6.07) is 10.9. The molecule has 0 aliphatic carbocycles. The van der Waals surface area contributed by atoms with E-state index < -0.39 is 17.9 Å². The number of carbonyl (C=O) groups excluding carboxylic acids is 2. The summed E-state index contributed by atoms with van der Waals surface area (Å²) in [6.07, 6.45) is 7.36. The van der Waals surface area contributed by atoms with Crippen LogP contribution in [-0.2, 0) is 16.1 Å². The van der Waals surface area contributed by atoms with Crippen molar-refractivity contribution >= 4 is 34.4 Å². The maximum atomic E-state index is 12.7. The molecule has 0 unspecified atom stereocenters. The van der Waals surface area contributed by atoms with Crippen molar-refractivity contribution in [2.75, 3.05) is 18.0 Å². The fourth-order valence-electron chi connectivity index (χ4n) is 4.06. The molecule has 1 aromatic heterocycles. The Kier molecular flexibility index (Phi) is 10.2. The first kappa shape index (κ1) is 28.9. The number of hydrogen-bond donors (Lipinski definition) is 4. The van der Waals surface area contributed by atoms with Crippen LogP contribution in [0.4, 0.5) is 5.69 Å². The van der Waals surface area contributed by atoms with E-state index in [4.69, 9.17) is 6.42 Å². The van der Waals surface area contributed by atoms with Gasteiger partial charge in [0.1, 0.15) is 11.9 Å². The average Bonchev–Trinajstić information content (AvgIpc) is 2.91. The van der Waals surface area contributed by atoms with Crippen molar-refractivity contribution in [2.24, 2.45) is 0 Å². The molecule has 0 radical (unpaired) electrons. The number of terminal acetylenes is 1. The molecule has 10 nitrogen and oxygen atoms in total. The molecule has 0 aliphatic rings. The van der Waals surface area contributed by atoms with Crippen LogP contribution < -0.4 is 21.1 Å². The molecule has 3 rings (SSSR count). The summed E-state index contributed by atoms with van der Waals surface area (Å²) in [5.74, 6) is 1.16. The summed E-state index contributed by atoms with van der Waals surface area (Å²) < 4.78 is 0. The van der Waals surface area contributed by atoms with Gasteiger partial charge in [-0.15, -0.1) is 6.42 Å². The van der Waals surface area contributed by atoms with E-state index in [0.717, 1.165) is 24.1 Å². The number of carbonyl (C=O) groups is 3. The van der Waals surface area contributed by atoms with Crippen molar-refractivity contribution in [3.63, 3.8) is 0 Å². The molecule has 39 heavy (non-hydrogen) atoms. The summed E-state index contributed by atoms with van der Waals surface area (Å²) in [5, 5.41) is 15.2. The number of benzene rings is 2. The summed E-state index contributed by atoms with van der Waals surface area (Å²) in [7, 11) is 0. The number of fused-ring (bicyclic) bond motifs is 1. The van der Waals surface area contributed by atoms with E-state index in [0.29, 0.717) is 29.8 Å². The minimum Gasteiger partial charge on any atom is -0.480 e. The van der Waals surface area contributed by atoms with Crippen molar-refractivity contribution in [1.29, 1.82) is 0 Å². The average molecular weight is 532 g/mol. The zero-order valence-electron chi connectivity index (χ0n) is 22.1. The lowest BCUT2D eigenvalue weighted by atomic mass is 10.1. The van der Waals surface area contributed by atoms with Crippen LogP contribution in [0.5, 0.6) is 0 Å². The molecular formula is C29H33N5O5. The van der Waals surface area contributed by atoms with E-state index >= 15 is 0 Å². The van der Waals surface area contributed by atoms with Crippen LogP contribution in [0, 0.1) is 19.3 Å². The van der Waals surface area contributed by atoms with Gasteiger partial charge in [0.05, 0.1) is 17.4 Å². The topological polar surface area (TPSA) is 144 Å². The van der Waals surface area contributed by atoms with Gasteiger partial charge in [0.25, 0.3) is 11.5 Å². The first-order valence-corrected chi connectivity index (χ1v) is 12.8. The number of aromatic amines is 1. The minimum absolute atomic E-state index is 0.00272. The van der Waals surface area contributed by atoms with E-state index in [9.17, 15) is 24.3 Å². The molecule has 0 fully saturated rings. The Morgan fingerprint density at radius 2 is 1.92 bits per heavy atom. The van der Waals surface area contributed by atoms with Crippen LogP contribution in [0.1, 0.15) is 54.4 Å². The number of unbranched alkanes of at least 4 members (excludes halogenated alkanes) is 1. The van der Waals surface area contributed by atoms with Gasteiger partial charge < -0.3 is 25.6 Å². The minimum atomic E-state index is -1.21. The lowest BCUT2D eigenvalue weighted by Crippen LogP contribution is -2.41. The first-order valence-electron chi connectivity index (χ1n) is 12.8. The number of nitrogens with one attached hydrogen (secondary N) is 3. The molecule has 204 valence electrons. The lowest BCUT2D eigenvalue weighted by molar-refractivity contribution is -0.139. The zero-order valence-corrected chi connectivity index (χ0v) is 22.1. The van der Waals surface area contributed by atoms with Crippen molar-refractivity contribution in [3.8, 4) is 12.3 Å². The number of aryl methyl sites for hydroxylation is 1. The number of nitrogens with zero attached hydrogens (tertiary/aromatic N) is 2. The Labute approximate surface area is 226 Å². The number of anilines is 1. The molecule has 0 bridgehead atoms. The highest BCUT2D eigenvalue weighted by molar-refractivity contribution is 5.97. The van der Waals surface area contributed by atoms with Crippen LogP contribution in [0.15, 0.2) is 47.3 Å². The maximum absolute atomic E-state index is 12.7. The Balaban J connectivity index is 1.67. The molecule has 2 aromatic carbocycles. The second kappa shape index (κ2) is 13.8. The van der Waals surface area contributed by atoms with Gasteiger partial charge in [-0.2, -0.15) is 0 Å². The Bertz CT molecular complexity index is 1420. The predicted molar refractivity (Wildman–Crippen MR) is 149 cm³/mol. The Hall–Kier alpha value is -4.65. The molecule has 1 atom stereocenters. The second-order valence-electron chi connectivity index (χ2n) is 9.22. The third-order valence-electron chi connectivity index (χ3n) is 6.15. The van der Waals surface area contributed by atoms with E-state index in [1.165, 1.54) is 0 Å². The molecule has 3 aromatic rings. The number of H-pyrrole nitrogens is 1. The van der Waals surface area contributed by atoms with Crippen molar-refractivity contribution in [2.45, 2.75) is 52.1 Å². The van der Waals surface area contributed by atoms with Crippen molar-refractivity contribution in [1.82, 2.24) is 20.6 Å². The lowest BCUT2D eigenvalue weighted by Gasteiger charge is -2.23. The third kappa shape index (κ3) is 8.17. The van der Waals surface area contributed by atoms with Crippen LogP contribution in [0.3, 0.4) is 0 Å². The van der Waals surface area contributed by atoms with Gasteiger partial charge in [-0.25, -0.2) is 9.78 Å². The van der Waals surface area contributed by atoms with Crippen molar-refractivity contribution in [3.05, 3.63) is 69.8 Å². The van der Waals surface area contributed by atoms with E-state index in [1.807, 2.05) is 17.9 Å². The van der Waals surface area contributed by atoms with Gasteiger partial charge in [0, 0.05) is 30.8 Å². The molecule has 4 N–H and O–H groups in total. The molecule has 10 heteroatoms.